The Balaban J connectivity index is 1.71. The molecule has 6 nitrogen and oxygen atoms in total. The highest BCUT2D eigenvalue weighted by atomic mass is 35.5. The van der Waals surface area contributed by atoms with Crippen LogP contribution in [0.25, 0.3) is 16.7 Å². The van der Waals surface area contributed by atoms with Gasteiger partial charge in [-0.1, -0.05) is 29.3 Å². The molecule has 4 rings (SSSR count). The number of fused-ring (bicyclic) bond motifs is 1. The van der Waals surface area contributed by atoms with Gasteiger partial charge in [0.15, 0.2) is 11.4 Å². The molecule has 7 heteroatoms. The van der Waals surface area contributed by atoms with Crippen LogP contribution in [0.3, 0.4) is 0 Å². The maximum atomic E-state index is 12.8. The van der Waals surface area contributed by atoms with Gasteiger partial charge in [0.05, 0.1) is 18.4 Å². The third-order valence-corrected chi connectivity index (χ3v) is 4.87. The molecule has 0 unspecified atom stereocenters. The van der Waals surface area contributed by atoms with Crippen LogP contribution in [0.5, 0.6) is 0 Å². The lowest BCUT2D eigenvalue weighted by Gasteiger charge is -2.08. The van der Waals surface area contributed by atoms with Crippen molar-refractivity contribution in [2.45, 2.75) is 20.4 Å². The lowest BCUT2D eigenvalue weighted by Crippen LogP contribution is -2.24. The van der Waals surface area contributed by atoms with Crippen molar-refractivity contribution in [1.82, 2.24) is 19.3 Å². The Labute approximate surface area is 166 Å². The summed E-state index contributed by atoms with van der Waals surface area (Å²) in [6, 6.07) is 12.6. The van der Waals surface area contributed by atoms with E-state index in [1.54, 1.807) is 28.9 Å². The fourth-order valence-corrected chi connectivity index (χ4v) is 3.29. The molecule has 0 aliphatic carbocycles. The molecule has 0 aliphatic rings. The summed E-state index contributed by atoms with van der Waals surface area (Å²) in [5.41, 5.74) is 3.70. The molecule has 28 heavy (non-hydrogen) atoms. The van der Waals surface area contributed by atoms with E-state index in [0.29, 0.717) is 21.6 Å². The minimum atomic E-state index is -0.302. The summed E-state index contributed by atoms with van der Waals surface area (Å²) in [5.74, 6) is -0.193. The van der Waals surface area contributed by atoms with Crippen LogP contribution in [0.2, 0.25) is 5.02 Å². The average Bonchev–Trinajstić information content (AvgIpc) is 3.09. The maximum Gasteiger partial charge on any atom is 0.264 e. The molecule has 2 heterocycles. The molecule has 0 saturated carbocycles. The van der Waals surface area contributed by atoms with E-state index in [4.69, 9.17) is 11.6 Å². The van der Waals surface area contributed by atoms with Crippen molar-refractivity contribution in [1.29, 1.82) is 0 Å². The van der Waals surface area contributed by atoms with E-state index in [-0.39, 0.29) is 17.9 Å². The Hall–Kier alpha value is -3.25. The Morgan fingerprint density at radius 2 is 1.86 bits per heavy atom. The van der Waals surface area contributed by atoms with Crippen molar-refractivity contribution in [2.75, 3.05) is 0 Å². The van der Waals surface area contributed by atoms with Gasteiger partial charge in [-0.2, -0.15) is 5.10 Å². The quantitative estimate of drug-likeness (QED) is 0.496. The van der Waals surface area contributed by atoms with Crippen LogP contribution >= 0.6 is 11.6 Å². The van der Waals surface area contributed by atoms with E-state index in [1.807, 2.05) is 26.0 Å². The topological polar surface area (TPSA) is 69.8 Å². The highest BCUT2D eigenvalue weighted by Crippen LogP contribution is 2.18. The molecule has 0 fully saturated rings. The van der Waals surface area contributed by atoms with Gasteiger partial charge in [-0.25, -0.2) is 9.67 Å². The zero-order valence-electron chi connectivity index (χ0n) is 15.4. The zero-order valence-corrected chi connectivity index (χ0v) is 16.1. The lowest BCUT2D eigenvalue weighted by molar-refractivity contribution is 0.0970. The fourth-order valence-electron chi connectivity index (χ4n) is 3.16. The number of aromatic nitrogens is 4. The van der Waals surface area contributed by atoms with Crippen LogP contribution in [-0.2, 0) is 6.54 Å². The molecule has 0 radical (unpaired) electrons. The van der Waals surface area contributed by atoms with Gasteiger partial charge in [0, 0.05) is 10.6 Å². The summed E-state index contributed by atoms with van der Waals surface area (Å²) in [5, 5.41) is 5.26. The second-order valence-corrected chi connectivity index (χ2v) is 7.13. The monoisotopic (exact) mass is 392 g/mol. The van der Waals surface area contributed by atoms with Gasteiger partial charge < -0.3 is 0 Å². The zero-order chi connectivity index (χ0) is 19.8. The number of carbonyl (C=O) groups is 1. The predicted octanol–water partition coefficient (Wildman–Crippen LogP) is 3.74. The Morgan fingerprint density at radius 3 is 2.57 bits per heavy atom. The highest BCUT2D eigenvalue weighted by molar-refractivity contribution is 6.30. The van der Waals surface area contributed by atoms with E-state index in [2.05, 4.69) is 16.1 Å². The number of benzene rings is 2. The summed E-state index contributed by atoms with van der Waals surface area (Å²) in [7, 11) is 0. The second-order valence-electron chi connectivity index (χ2n) is 6.69. The first kappa shape index (κ1) is 18.1. The number of halogens is 1. The van der Waals surface area contributed by atoms with Gasteiger partial charge in [0.25, 0.3) is 5.56 Å². The van der Waals surface area contributed by atoms with Gasteiger partial charge in [-0.15, -0.1) is 0 Å². The number of hydrogen-bond acceptors (Lipinski definition) is 4. The number of carbonyl (C=O) groups excluding carboxylic acids is 1. The molecule has 4 aromatic rings. The van der Waals surface area contributed by atoms with Crippen LogP contribution in [0.1, 0.15) is 21.5 Å². The highest BCUT2D eigenvalue weighted by Gasteiger charge is 2.15. The van der Waals surface area contributed by atoms with Crippen molar-refractivity contribution in [3.8, 4) is 5.69 Å². The third-order valence-electron chi connectivity index (χ3n) is 4.62. The molecule has 0 N–H and O–H groups in total. The summed E-state index contributed by atoms with van der Waals surface area (Å²) in [6.07, 6.45) is 2.88. The molecule has 2 aromatic carbocycles. The second kappa shape index (κ2) is 7.05. The first-order chi connectivity index (χ1) is 13.4. The third kappa shape index (κ3) is 3.23. The normalized spacial score (nSPS) is 11.1. The summed E-state index contributed by atoms with van der Waals surface area (Å²) in [4.78, 5) is 29.7. The van der Waals surface area contributed by atoms with Crippen LogP contribution in [0.15, 0.2) is 59.8 Å². The van der Waals surface area contributed by atoms with E-state index in [9.17, 15) is 9.59 Å². The van der Waals surface area contributed by atoms with Crippen LogP contribution in [0, 0.1) is 13.8 Å². The molecule has 140 valence electrons. The summed E-state index contributed by atoms with van der Waals surface area (Å²) < 4.78 is 2.95. The van der Waals surface area contributed by atoms with Gasteiger partial charge in [0.1, 0.15) is 11.7 Å². The van der Waals surface area contributed by atoms with E-state index in [1.165, 1.54) is 17.1 Å². The van der Waals surface area contributed by atoms with Gasteiger partial charge >= 0.3 is 0 Å². The predicted molar refractivity (Wildman–Crippen MR) is 108 cm³/mol. The SMILES string of the molecule is Cc1ccc(-n2ncc3c(=O)n(CC(=O)c4ccc(Cl)cc4)cnc32)c(C)c1. The Morgan fingerprint density at radius 1 is 1.11 bits per heavy atom. The van der Waals surface area contributed by atoms with Gasteiger partial charge in [-0.05, 0) is 49.7 Å². The maximum absolute atomic E-state index is 12.8. The number of rotatable bonds is 4. The number of Topliss-reactive ketones (excluding diaryl/α,β-unsaturated/α-hetero) is 1. The van der Waals surface area contributed by atoms with Crippen molar-refractivity contribution in [2.24, 2.45) is 0 Å². The number of hydrogen-bond donors (Lipinski definition) is 0. The number of aryl methyl sites for hydroxylation is 2. The molecule has 0 atom stereocenters. The molecule has 0 aliphatic heterocycles. The molecule has 0 spiro atoms. The van der Waals surface area contributed by atoms with Crippen molar-refractivity contribution in [3.63, 3.8) is 0 Å². The largest absolute Gasteiger partial charge is 0.292 e. The minimum absolute atomic E-state index is 0.0991. The van der Waals surface area contributed by atoms with Crippen molar-refractivity contribution in [3.05, 3.63) is 87.1 Å². The van der Waals surface area contributed by atoms with E-state index < -0.39 is 0 Å². The Kier molecular flexibility index (Phi) is 4.57. The van der Waals surface area contributed by atoms with Crippen LogP contribution < -0.4 is 5.56 Å². The van der Waals surface area contributed by atoms with Gasteiger partial charge in [0.2, 0.25) is 0 Å². The molecule has 2 aromatic heterocycles. The van der Waals surface area contributed by atoms with E-state index >= 15 is 0 Å². The smallest absolute Gasteiger partial charge is 0.264 e. The fraction of sp³-hybridized carbons (Fsp3) is 0.143. The Bertz CT molecular complexity index is 1260. The minimum Gasteiger partial charge on any atom is -0.292 e. The van der Waals surface area contributed by atoms with Crippen LogP contribution in [-0.4, -0.2) is 25.1 Å². The summed E-state index contributed by atoms with van der Waals surface area (Å²) in [6.45, 7) is 3.91. The van der Waals surface area contributed by atoms with Crippen molar-refractivity contribution < 1.29 is 4.79 Å². The standard InChI is InChI=1S/C21H17ClN4O2/c1-13-3-8-18(14(2)9-13)26-20-17(10-24-26)21(28)25(12-23-20)11-19(27)15-4-6-16(22)7-5-15/h3-10,12H,11H2,1-2H3. The van der Waals surface area contributed by atoms with E-state index in [0.717, 1.165) is 16.8 Å². The number of nitrogens with zero attached hydrogens (tertiary/aromatic N) is 4. The van der Waals surface area contributed by atoms with Crippen LogP contribution in [0.4, 0.5) is 0 Å². The van der Waals surface area contributed by atoms with Crippen molar-refractivity contribution >= 4 is 28.4 Å². The molecular weight excluding hydrogens is 376 g/mol. The molecule has 0 bridgehead atoms. The first-order valence-electron chi connectivity index (χ1n) is 8.73. The molecular formula is C21H17ClN4O2. The molecule has 0 amide bonds. The lowest BCUT2D eigenvalue weighted by atomic mass is 10.1. The van der Waals surface area contributed by atoms with Gasteiger partial charge in [-0.3, -0.25) is 14.2 Å². The first-order valence-corrected chi connectivity index (χ1v) is 9.11. The molecule has 0 saturated heterocycles. The summed E-state index contributed by atoms with van der Waals surface area (Å²) >= 11 is 5.85. The average molecular weight is 393 g/mol. The number of ketones is 1.